The summed E-state index contributed by atoms with van der Waals surface area (Å²) in [6.45, 7) is 6.22. The fourth-order valence-electron chi connectivity index (χ4n) is 2.30. The Morgan fingerprint density at radius 2 is 2.11 bits per heavy atom. The van der Waals surface area contributed by atoms with Gasteiger partial charge in [-0.2, -0.15) is 0 Å². The summed E-state index contributed by atoms with van der Waals surface area (Å²) >= 11 is 0. The van der Waals surface area contributed by atoms with Crippen molar-refractivity contribution in [2.75, 3.05) is 6.61 Å². The van der Waals surface area contributed by atoms with E-state index in [0.29, 0.717) is 13.0 Å². The maximum Gasteiger partial charge on any atom is 0.307 e. The van der Waals surface area contributed by atoms with Gasteiger partial charge in [0.05, 0.1) is 6.42 Å². The Morgan fingerprint density at radius 1 is 1.44 bits per heavy atom. The monoisotopic (exact) mass is 251 g/mol. The third kappa shape index (κ3) is 5.50. The molecular weight excluding hydrogens is 226 g/mol. The van der Waals surface area contributed by atoms with E-state index >= 15 is 0 Å². The van der Waals surface area contributed by atoms with Gasteiger partial charge in [-0.1, -0.05) is 31.6 Å². The zero-order chi connectivity index (χ0) is 13.4. The highest BCUT2D eigenvalue weighted by Crippen LogP contribution is 2.30. The normalized spacial score (nSPS) is 18.1. The Bertz CT molecular complexity index is 314. The van der Waals surface area contributed by atoms with Crippen molar-refractivity contribution in [3.63, 3.8) is 0 Å². The maximum atomic E-state index is 11.7. The largest absolute Gasteiger partial charge is 0.461 e. The number of ether oxygens (including phenoxy) is 1. The molecule has 0 aromatic heterocycles. The first-order chi connectivity index (χ1) is 8.56. The van der Waals surface area contributed by atoms with Crippen molar-refractivity contribution < 1.29 is 9.53 Å². The van der Waals surface area contributed by atoms with E-state index in [2.05, 4.69) is 12.7 Å². The average molecular weight is 251 g/mol. The molecule has 18 heavy (non-hydrogen) atoms. The maximum absolute atomic E-state index is 11.7. The highest BCUT2D eigenvalue weighted by Gasteiger charge is 2.32. The molecule has 1 saturated carbocycles. The number of esters is 1. The van der Waals surface area contributed by atoms with Crippen molar-refractivity contribution in [3.8, 4) is 0 Å². The van der Waals surface area contributed by atoms with Crippen LogP contribution < -0.4 is 5.73 Å². The smallest absolute Gasteiger partial charge is 0.307 e. The van der Waals surface area contributed by atoms with Gasteiger partial charge < -0.3 is 10.5 Å². The van der Waals surface area contributed by atoms with Crippen LogP contribution in [0.15, 0.2) is 24.3 Å². The number of carbonyl (C=O) groups is 1. The highest BCUT2D eigenvalue weighted by molar-refractivity contribution is 5.71. The van der Waals surface area contributed by atoms with Gasteiger partial charge in [-0.05, 0) is 38.2 Å². The van der Waals surface area contributed by atoms with Gasteiger partial charge >= 0.3 is 5.97 Å². The van der Waals surface area contributed by atoms with Gasteiger partial charge in [0, 0.05) is 5.54 Å². The molecule has 1 fully saturated rings. The Kier molecular flexibility index (Phi) is 6.13. The molecule has 1 aliphatic rings. The van der Waals surface area contributed by atoms with Crippen molar-refractivity contribution in [2.24, 2.45) is 5.73 Å². The Labute approximate surface area is 110 Å². The minimum Gasteiger partial charge on any atom is -0.461 e. The second-order valence-electron chi connectivity index (χ2n) is 5.26. The number of carbonyl (C=O) groups excluding carboxylic acids is 1. The van der Waals surface area contributed by atoms with Crippen LogP contribution in [-0.4, -0.2) is 18.1 Å². The van der Waals surface area contributed by atoms with Crippen LogP contribution >= 0.6 is 0 Å². The average Bonchev–Trinajstić information content (AvgIpc) is 2.73. The van der Waals surface area contributed by atoms with E-state index in [1.807, 2.05) is 13.0 Å². The van der Waals surface area contributed by atoms with Gasteiger partial charge in [0.1, 0.15) is 6.61 Å². The molecule has 0 amide bonds. The number of allylic oxidation sites excluding steroid dienone is 2. The zero-order valence-corrected chi connectivity index (χ0v) is 11.4. The fraction of sp³-hybridized carbons (Fsp3) is 0.667. The molecule has 0 unspecified atom stereocenters. The molecule has 1 aliphatic carbocycles. The van der Waals surface area contributed by atoms with E-state index in [0.717, 1.165) is 44.1 Å². The lowest BCUT2D eigenvalue weighted by atomic mass is 9.95. The van der Waals surface area contributed by atoms with Crippen molar-refractivity contribution >= 4 is 5.97 Å². The van der Waals surface area contributed by atoms with Gasteiger partial charge in [0.2, 0.25) is 0 Å². The van der Waals surface area contributed by atoms with Crippen LogP contribution in [0.4, 0.5) is 0 Å². The predicted molar refractivity (Wildman–Crippen MR) is 74.2 cm³/mol. The molecule has 102 valence electrons. The van der Waals surface area contributed by atoms with E-state index in [1.165, 1.54) is 0 Å². The van der Waals surface area contributed by atoms with E-state index in [-0.39, 0.29) is 11.5 Å². The molecule has 3 nitrogen and oxygen atoms in total. The highest BCUT2D eigenvalue weighted by atomic mass is 16.5. The molecule has 0 heterocycles. The first-order valence-corrected chi connectivity index (χ1v) is 6.78. The predicted octanol–water partition coefficient (Wildman–Crippen LogP) is 3.10. The van der Waals surface area contributed by atoms with Crippen molar-refractivity contribution in [2.45, 2.75) is 57.4 Å². The minimum absolute atomic E-state index is 0.188. The third-order valence-electron chi connectivity index (χ3n) is 3.43. The van der Waals surface area contributed by atoms with Gasteiger partial charge in [0.25, 0.3) is 0 Å². The quantitative estimate of drug-likeness (QED) is 0.559. The molecule has 2 N–H and O–H groups in total. The summed E-state index contributed by atoms with van der Waals surface area (Å²) < 4.78 is 5.22. The first kappa shape index (κ1) is 15.0. The molecule has 1 rings (SSSR count). The number of hydrogen-bond donors (Lipinski definition) is 1. The van der Waals surface area contributed by atoms with Crippen molar-refractivity contribution in [3.05, 3.63) is 24.3 Å². The Morgan fingerprint density at radius 3 is 2.72 bits per heavy atom. The summed E-state index contributed by atoms with van der Waals surface area (Å²) in [4.78, 5) is 11.7. The van der Waals surface area contributed by atoms with E-state index in [1.54, 1.807) is 0 Å². The van der Waals surface area contributed by atoms with Gasteiger partial charge in [0.15, 0.2) is 0 Å². The van der Waals surface area contributed by atoms with E-state index in [4.69, 9.17) is 10.5 Å². The van der Waals surface area contributed by atoms with Crippen molar-refractivity contribution in [1.82, 2.24) is 0 Å². The summed E-state index contributed by atoms with van der Waals surface area (Å²) in [7, 11) is 0. The lowest BCUT2D eigenvalue weighted by Gasteiger charge is -2.22. The van der Waals surface area contributed by atoms with Crippen LogP contribution in [0, 0.1) is 0 Å². The molecule has 3 heteroatoms. The standard InChI is InChI=1S/C15H25NO2/c1-3-4-5-8-13(2)12-18-14(17)11-15(16)9-6-7-10-15/h3-4H,2,5-12,16H2,1H3/b4-3-. The third-order valence-corrected chi connectivity index (χ3v) is 3.43. The molecule has 0 aromatic carbocycles. The molecule has 0 radical (unpaired) electrons. The second kappa shape index (κ2) is 7.37. The summed E-state index contributed by atoms with van der Waals surface area (Å²) in [6.07, 6.45) is 10.4. The lowest BCUT2D eigenvalue weighted by Crippen LogP contribution is -2.39. The van der Waals surface area contributed by atoms with Crippen molar-refractivity contribution in [1.29, 1.82) is 0 Å². The van der Waals surface area contributed by atoms with Gasteiger partial charge in [-0.25, -0.2) is 0 Å². The summed E-state index contributed by atoms with van der Waals surface area (Å²) in [5, 5.41) is 0. The van der Waals surface area contributed by atoms with Gasteiger partial charge in [-0.3, -0.25) is 4.79 Å². The minimum atomic E-state index is -0.316. The van der Waals surface area contributed by atoms with E-state index < -0.39 is 0 Å². The van der Waals surface area contributed by atoms with Crippen LogP contribution in [0.2, 0.25) is 0 Å². The topological polar surface area (TPSA) is 52.3 Å². The molecule has 0 atom stereocenters. The Hall–Kier alpha value is -1.09. The van der Waals surface area contributed by atoms with Gasteiger partial charge in [-0.15, -0.1) is 0 Å². The molecule has 0 aromatic rings. The SMILES string of the molecule is C=C(CC/C=C\C)COC(=O)CC1(N)CCCC1. The molecule has 0 spiro atoms. The van der Waals surface area contributed by atoms with E-state index in [9.17, 15) is 4.79 Å². The van der Waals surface area contributed by atoms with Crippen LogP contribution in [0.25, 0.3) is 0 Å². The summed E-state index contributed by atoms with van der Waals surface area (Å²) in [6, 6.07) is 0. The fourth-order valence-corrected chi connectivity index (χ4v) is 2.30. The molecular formula is C15H25NO2. The lowest BCUT2D eigenvalue weighted by molar-refractivity contribution is -0.144. The van der Waals surface area contributed by atoms with Crippen LogP contribution in [0.5, 0.6) is 0 Å². The summed E-state index contributed by atoms with van der Waals surface area (Å²) in [5.74, 6) is -0.188. The number of hydrogen-bond acceptors (Lipinski definition) is 3. The van der Waals surface area contributed by atoms with Crippen LogP contribution in [-0.2, 0) is 9.53 Å². The molecule has 0 bridgehead atoms. The molecule has 0 aliphatic heterocycles. The molecule has 0 saturated heterocycles. The second-order valence-corrected chi connectivity index (χ2v) is 5.26. The summed E-state index contributed by atoms with van der Waals surface area (Å²) in [5.41, 5.74) is 6.77. The number of nitrogens with two attached hydrogens (primary N) is 1. The first-order valence-electron chi connectivity index (χ1n) is 6.78. The number of rotatable bonds is 7. The Balaban J connectivity index is 2.18. The van der Waals surface area contributed by atoms with Crippen LogP contribution in [0.3, 0.4) is 0 Å². The van der Waals surface area contributed by atoms with Crippen LogP contribution in [0.1, 0.15) is 51.9 Å². The zero-order valence-electron chi connectivity index (χ0n) is 11.4.